The maximum atomic E-state index is 13.8. The molecular weight excluding hydrogens is 262 g/mol. The van der Waals surface area contributed by atoms with Gasteiger partial charge < -0.3 is 4.90 Å². The predicted octanol–water partition coefficient (Wildman–Crippen LogP) is 0.585. The van der Waals surface area contributed by atoms with Crippen molar-refractivity contribution >= 4 is 0 Å². The number of likely N-dealkylation sites (N-methyl/N-ethyl adjacent to an activating group) is 2. The molecule has 3 N–H and O–H groups in total. The molecule has 2 unspecified atom stereocenters. The van der Waals surface area contributed by atoms with Crippen LogP contribution in [0.1, 0.15) is 5.56 Å². The Morgan fingerprint density at radius 2 is 2.10 bits per heavy atom. The molecule has 0 saturated carbocycles. The van der Waals surface area contributed by atoms with E-state index in [9.17, 15) is 8.78 Å². The van der Waals surface area contributed by atoms with Crippen molar-refractivity contribution < 1.29 is 8.78 Å². The van der Waals surface area contributed by atoms with Crippen molar-refractivity contribution in [3.63, 3.8) is 0 Å². The van der Waals surface area contributed by atoms with E-state index in [1.165, 1.54) is 12.1 Å². The normalized spacial score (nSPS) is 22.9. The van der Waals surface area contributed by atoms with Gasteiger partial charge in [0.15, 0.2) is 0 Å². The van der Waals surface area contributed by atoms with Gasteiger partial charge in [-0.3, -0.25) is 16.2 Å². The van der Waals surface area contributed by atoms with Crippen LogP contribution < -0.4 is 11.3 Å². The zero-order valence-electron chi connectivity index (χ0n) is 11.9. The van der Waals surface area contributed by atoms with Gasteiger partial charge in [-0.2, -0.15) is 0 Å². The van der Waals surface area contributed by atoms with Crippen LogP contribution in [0, 0.1) is 11.6 Å². The number of benzene rings is 1. The Morgan fingerprint density at radius 1 is 1.35 bits per heavy atom. The molecule has 0 aliphatic carbocycles. The maximum absolute atomic E-state index is 13.8. The van der Waals surface area contributed by atoms with Crippen LogP contribution in [0.5, 0.6) is 0 Å². The summed E-state index contributed by atoms with van der Waals surface area (Å²) in [4.78, 5) is 4.46. The van der Waals surface area contributed by atoms with Crippen LogP contribution in [0.2, 0.25) is 0 Å². The van der Waals surface area contributed by atoms with Gasteiger partial charge in [-0.1, -0.05) is 6.07 Å². The lowest BCUT2D eigenvalue weighted by Crippen LogP contribution is -2.60. The van der Waals surface area contributed by atoms with Gasteiger partial charge in [0.05, 0.1) is 0 Å². The van der Waals surface area contributed by atoms with Gasteiger partial charge in [0.2, 0.25) is 0 Å². The third-order valence-corrected chi connectivity index (χ3v) is 4.03. The first-order valence-electron chi connectivity index (χ1n) is 6.80. The Bertz CT molecular complexity index is 455. The molecule has 4 nitrogen and oxygen atoms in total. The van der Waals surface area contributed by atoms with Gasteiger partial charge in [0, 0.05) is 37.8 Å². The Balaban J connectivity index is 2.11. The lowest BCUT2D eigenvalue weighted by molar-refractivity contribution is 0.0874. The average Bonchev–Trinajstić information content (AvgIpc) is 2.41. The van der Waals surface area contributed by atoms with E-state index in [4.69, 9.17) is 5.84 Å². The van der Waals surface area contributed by atoms with Crippen molar-refractivity contribution in [3.8, 4) is 0 Å². The van der Waals surface area contributed by atoms with E-state index in [2.05, 4.69) is 22.3 Å². The second-order valence-electron chi connectivity index (χ2n) is 5.52. The molecule has 2 atom stereocenters. The largest absolute Gasteiger partial charge is 0.303 e. The highest BCUT2D eigenvalue weighted by Crippen LogP contribution is 2.17. The minimum atomic E-state index is -0.557. The highest BCUT2D eigenvalue weighted by atomic mass is 19.1. The van der Waals surface area contributed by atoms with Crippen molar-refractivity contribution in [2.75, 3.05) is 33.7 Å². The summed E-state index contributed by atoms with van der Waals surface area (Å²) in [5.74, 6) is 4.57. The highest BCUT2D eigenvalue weighted by molar-refractivity contribution is 5.20. The molecule has 20 heavy (non-hydrogen) atoms. The van der Waals surface area contributed by atoms with Crippen molar-refractivity contribution in [1.29, 1.82) is 0 Å². The third-order valence-electron chi connectivity index (χ3n) is 4.03. The van der Waals surface area contributed by atoms with Crippen LogP contribution in [0.15, 0.2) is 18.2 Å². The van der Waals surface area contributed by atoms with Crippen LogP contribution in [-0.2, 0) is 6.42 Å². The average molecular weight is 284 g/mol. The molecule has 0 radical (unpaired) electrons. The Hall–Kier alpha value is -1.08. The monoisotopic (exact) mass is 284 g/mol. The zero-order valence-corrected chi connectivity index (χ0v) is 11.9. The molecule has 1 heterocycles. The van der Waals surface area contributed by atoms with E-state index < -0.39 is 11.6 Å². The number of halogens is 2. The molecule has 1 aromatic carbocycles. The molecule has 1 aliphatic heterocycles. The first-order chi connectivity index (χ1) is 9.51. The van der Waals surface area contributed by atoms with Gasteiger partial charge in [0.25, 0.3) is 0 Å². The minimum absolute atomic E-state index is 0.0808. The standard InChI is InChI=1S/C14H22F2N4/c1-19-5-6-20(2)14(9-19)13(18-17)7-10-3-4-11(15)8-12(10)16/h3-4,8,13-14,18H,5-7,9,17H2,1-2H3. The molecule has 1 aromatic rings. The Labute approximate surface area is 118 Å². The van der Waals surface area contributed by atoms with Crippen molar-refractivity contribution in [2.24, 2.45) is 5.84 Å². The van der Waals surface area contributed by atoms with Gasteiger partial charge in [0.1, 0.15) is 11.6 Å². The lowest BCUT2D eigenvalue weighted by Gasteiger charge is -2.41. The summed E-state index contributed by atoms with van der Waals surface area (Å²) in [7, 11) is 4.11. The van der Waals surface area contributed by atoms with E-state index in [-0.39, 0.29) is 12.1 Å². The second kappa shape index (κ2) is 6.58. The third kappa shape index (κ3) is 3.52. The van der Waals surface area contributed by atoms with Gasteiger partial charge in [-0.05, 0) is 32.1 Å². The fourth-order valence-electron chi connectivity index (χ4n) is 2.71. The summed E-state index contributed by atoms with van der Waals surface area (Å²) >= 11 is 0. The quantitative estimate of drug-likeness (QED) is 0.627. The molecule has 6 heteroatoms. The molecule has 2 rings (SSSR count). The van der Waals surface area contributed by atoms with E-state index in [0.717, 1.165) is 25.7 Å². The van der Waals surface area contributed by atoms with Gasteiger partial charge in [-0.25, -0.2) is 8.78 Å². The molecular formula is C14H22F2N4. The van der Waals surface area contributed by atoms with E-state index in [1.54, 1.807) is 0 Å². The number of piperazine rings is 1. The molecule has 1 aliphatic rings. The van der Waals surface area contributed by atoms with Crippen LogP contribution >= 0.6 is 0 Å². The first-order valence-corrected chi connectivity index (χ1v) is 6.80. The van der Waals surface area contributed by atoms with Crippen LogP contribution in [-0.4, -0.2) is 55.6 Å². The summed E-state index contributed by atoms with van der Waals surface area (Å²) in [6.07, 6.45) is 0.436. The summed E-state index contributed by atoms with van der Waals surface area (Å²) in [5, 5.41) is 0. The van der Waals surface area contributed by atoms with Crippen LogP contribution in [0.4, 0.5) is 8.78 Å². The Kier molecular flexibility index (Phi) is 5.04. The first kappa shape index (κ1) is 15.3. The number of nitrogens with one attached hydrogen (secondary N) is 1. The number of nitrogens with two attached hydrogens (primary N) is 1. The minimum Gasteiger partial charge on any atom is -0.303 e. The fraction of sp³-hybridized carbons (Fsp3) is 0.571. The summed E-state index contributed by atoms with van der Waals surface area (Å²) in [5.41, 5.74) is 3.27. The topological polar surface area (TPSA) is 44.5 Å². The smallest absolute Gasteiger partial charge is 0.129 e. The van der Waals surface area contributed by atoms with E-state index in [1.807, 2.05) is 7.05 Å². The summed E-state index contributed by atoms with van der Waals surface area (Å²) < 4.78 is 26.7. The molecule has 0 spiro atoms. The molecule has 112 valence electrons. The second-order valence-corrected chi connectivity index (χ2v) is 5.52. The van der Waals surface area contributed by atoms with Gasteiger partial charge in [-0.15, -0.1) is 0 Å². The Morgan fingerprint density at radius 3 is 2.75 bits per heavy atom. The predicted molar refractivity (Wildman–Crippen MR) is 75.1 cm³/mol. The van der Waals surface area contributed by atoms with Crippen LogP contribution in [0.3, 0.4) is 0 Å². The molecule has 0 bridgehead atoms. The van der Waals surface area contributed by atoms with Crippen LogP contribution in [0.25, 0.3) is 0 Å². The van der Waals surface area contributed by atoms with Crippen molar-refractivity contribution in [2.45, 2.75) is 18.5 Å². The maximum Gasteiger partial charge on any atom is 0.129 e. The van der Waals surface area contributed by atoms with Gasteiger partial charge >= 0.3 is 0 Å². The van der Waals surface area contributed by atoms with Crippen molar-refractivity contribution in [1.82, 2.24) is 15.2 Å². The zero-order chi connectivity index (χ0) is 14.7. The SMILES string of the molecule is CN1CCN(C)C(C(Cc2ccc(F)cc2F)NN)C1. The molecule has 0 aromatic heterocycles. The fourth-order valence-corrected chi connectivity index (χ4v) is 2.71. The molecule has 1 fully saturated rings. The lowest BCUT2D eigenvalue weighted by atomic mass is 9.97. The highest BCUT2D eigenvalue weighted by Gasteiger charge is 2.29. The molecule has 0 amide bonds. The number of hydrazine groups is 1. The number of hydrogen-bond acceptors (Lipinski definition) is 4. The number of hydrogen-bond donors (Lipinski definition) is 2. The molecule has 1 saturated heterocycles. The summed E-state index contributed by atoms with van der Waals surface area (Å²) in [6.45, 7) is 2.83. The number of nitrogens with zero attached hydrogens (tertiary/aromatic N) is 2. The van der Waals surface area contributed by atoms with E-state index >= 15 is 0 Å². The number of rotatable bonds is 4. The van der Waals surface area contributed by atoms with Crippen molar-refractivity contribution in [3.05, 3.63) is 35.4 Å². The summed E-state index contributed by atoms with van der Waals surface area (Å²) in [6, 6.07) is 3.80. The van der Waals surface area contributed by atoms with E-state index in [0.29, 0.717) is 12.0 Å².